The van der Waals surface area contributed by atoms with Gasteiger partial charge in [-0.1, -0.05) is 41.9 Å². The number of anilines is 1. The average Bonchev–Trinajstić information content (AvgIpc) is 3.32. The molecular weight excluding hydrogens is 427 g/mol. The zero-order chi connectivity index (χ0) is 21.4. The predicted octanol–water partition coefficient (Wildman–Crippen LogP) is 3.87. The Morgan fingerprint density at radius 2 is 2.00 bits per heavy atom. The van der Waals surface area contributed by atoms with Crippen LogP contribution in [0.1, 0.15) is 44.9 Å². The van der Waals surface area contributed by atoms with E-state index in [1.165, 1.54) is 16.5 Å². The summed E-state index contributed by atoms with van der Waals surface area (Å²) in [6, 6.07) is 9.98. The Morgan fingerprint density at radius 1 is 1.27 bits per heavy atom. The van der Waals surface area contributed by atoms with Crippen molar-refractivity contribution in [3.8, 4) is 0 Å². The predicted molar refractivity (Wildman–Crippen MR) is 114 cm³/mol. The first kappa shape index (κ1) is 20.3. The maximum absolute atomic E-state index is 14.5. The second-order valence-electron chi connectivity index (χ2n) is 7.00. The highest BCUT2D eigenvalue weighted by Crippen LogP contribution is 2.43. The van der Waals surface area contributed by atoms with Gasteiger partial charge in [0.2, 0.25) is 5.91 Å². The number of benzene rings is 2. The van der Waals surface area contributed by atoms with Gasteiger partial charge in [0.1, 0.15) is 22.6 Å². The van der Waals surface area contributed by atoms with E-state index in [-0.39, 0.29) is 15.7 Å². The van der Waals surface area contributed by atoms with Gasteiger partial charge in [0, 0.05) is 5.02 Å². The molecule has 0 spiro atoms. The molecule has 1 aliphatic carbocycles. The number of primary amides is 1. The highest BCUT2D eigenvalue weighted by molar-refractivity contribution is 7.12. The molecule has 4 N–H and O–H groups in total. The molecule has 30 heavy (non-hydrogen) atoms. The van der Waals surface area contributed by atoms with Crippen molar-refractivity contribution < 1.29 is 14.0 Å². The summed E-state index contributed by atoms with van der Waals surface area (Å²) in [5, 5.41) is 0.221. The summed E-state index contributed by atoms with van der Waals surface area (Å²) >= 11 is 7.18. The molecule has 2 amide bonds. The van der Waals surface area contributed by atoms with E-state index in [2.05, 4.69) is 4.98 Å². The number of amides is 2. The third kappa shape index (κ3) is 3.53. The Morgan fingerprint density at radius 3 is 2.63 bits per heavy atom. The van der Waals surface area contributed by atoms with Crippen LogP contribution in [0.3, 0.4) is 0 Å². The van der Waals surface area contributed by atoms with Gasteiger partial charge in [-0.25, -0.2) is 9.37 Å². The quantitative estimate of drug-likeness (QED) is 0.623. The van der Waals surface area contributed by atoms with Crippen molar-refractivity contribution in [3.05, 3.63) is 80.4 Å². The molecule has 0 aliphatic heterocycles. The number of fused-ring (bicyclic) bond motifs is 1. The van der Waals surface area contributed by atoms with Crippen LogP contribution in [0, 0.1) is 5.82 Å². The van der Waals surface area contributed by atoms with Gasteiger partial charge < -0.3 is 16.4 Å². The normalized spacial score (nSPS) is 16.1. The topological polar surface area (TPSA) is 102 Å². The number of carbonyl (C=O) groups is 2. The van der Waals surface area contributed by atoms with Gasteiger partial charge in [0.15, 0.2) is 0 Å². The minimum absolute atomic E-state index is 0.0711. The van der Waals surface area contributed by atoms with Gasteiger partial charge in [-0.3, -0.25) is 9.59 Å². The molecule has 0 saturated heterocycles. The number of hydrogen-bond donors (Lipinski definition) is 2. The molecule has 3 aromatic rings. The average molecular weight is 445 g/mol. The second kappa shape index (κ2) is 8.04. The fraction of sp³-hybridized carbons (Fsp3) is 0.190. The van der Waals surface area contributed by atoms with Crippen LogP contribution in [0.5, 0.6) is 0 Å². The molecular formula is C21H18ClFN4O2S. The summed E-state index contributed by atoms with van der Waals surface area (Å²) in [7, 11) is 0. The second-order valence-corrected chi connectivity index (χ2v) is 8.30. The Balaban J connectivity index is 1.89. The molecule has 154 valence electrons. The van der Waals surface area contributed by atoms with Crippen LogP contribution in [0.4, 0.5) is 10.2 Å². The molecule has 0 saturated carbocycles. The summed E-state index contributed by atoms with van der Waals surface area (Å²) in [5.74, 6) is -1.55. The Hall–Kier alpha value is -2.97. The standard InChI is InChI=1S/C21H18ClFN4O2S/c22-12-8-14-13(15(23)9-12)6-7-16(14)27(21(29)18-19(24)26-10-30-18)17(20(25)28)11-4-2-1-3-5-11/h1-5,8-10,16-17H,6-7,24H2,(H2,25,28)/t16-,17?/m1/s1. The van der Waals surface area contributed by atoms with E-state index < -0.39 is 29.7 Å². The lowest BCUT2D eigenvalue weighted by atomic mass is 9.99. The molecule has 6 nitrogen and oxygen atoms in total. The van der Waals surface area contributed by atoms with Crippen LogP contribution < -0.4 is 11.5 Å². The molecule has 1 aromatic heterocycles. The van der Waals surface area contributed by atoms with E-state index in [0.29, 0.717) is 29.5 Å². The first-order valence-electron chi connectivity index (χ1n) is 9.22. The summed E-state index contributed by atoms with van der Waals surface area (Å²) in [4.78, 5) is 31.7. The number of rotatable bonds is 5. The molecule has 0 radical (unpaired) electrons. The number of nitrogens with two attached hydrogens (primary N) is 2. The van der Waals surface area contributed by atoms with E-state index in [9.17, 15) is 14.0 Å². The molecule has 2 atom stereocenters. The van der Waals surface area contributed by atoms with E-state index in [4.69, 9.17) is 23.1 Å². The van der Waals surface area contributed by atoms with Crippen molar-refractivity contribution in [1.82, 2.24) is 9.88 Å². The highest BCUT2D eigenvalue weighted by atomic mass is 35.5. The molecule has 0 fully saturated rings. The van der Waals surface area contributed by atoms with Crippen LogP contribution >= 0.6 is 22.9 Å². The minimum atomic E-state index is -1.07. The van der Waals surface area contributed by atoms with E-state index in [0.717, 1.165) is 11.3 Å². The van der Waals surface area contributed by atoms with Crippen molar-refractivity contribution in [1.29, 1.82) is 0 Å². The van der Waals surface area contributed by atoms with E-state index in [1.54, 1.807) is 36.4 Å². The van der Waals surface area contributed by atoms with Crippen LogP contribution in [-0.2, 0) is 11.2 Å². The molecule has 9 heteroatoms. The Bertz CT molecular complexity index is 1120. The fourth-order valence-corrected chi connectivity index (χ4v) is 4.84. The van der Waals surface area contributed by atoms with E-state index in [1.807, 2.05) is 0 Å². The zero-order valence-corrected chi connectivity index (χ0v) is 17.3. The third-order valence-electron chi connectivity index (χ3n) is 5.24. The van der Waals surface area contributed by atoms with Gasteiger partial charge in [-0.2, -0.15) is 0 Å². The molecule has 2 aromatic carbocycles. The lowest BCUT2D eigenvalue weighted by molar-refractivity contribution is -0.123. The lowest BCUT2D eigenvalue weighted by Crippen LogP contribution is -2.43. The van der Waals surface area contributed by atoms with Crippen LogP contribution in [-0.4, -0.2) is 21.7 Å². The number of halogens is 2. The van der Waals surface area contributed by atoms with Gasteiger partial charge in [0.25, 0.3) is 5.91 Å². The number of hydrogen-bond acceptors (Lipinski definition) is 5. The number of carbonyl (C=O) groups excluding carboxylic acids is 2. The Kier molecular flexibility index (Phi) is 5.44. The van der Waals surface area contributed by atoms with Crippen LogP contribution in [0.15, 0.2) is 48.0 Å². The number of thiazole rings is 1. The smallest absolute Gasteiger partial charge is 0.269 e. The van der Waals surface area contributed by atoms with Crippen LogP contribution in [0.25, 0.3) is 0 Å². The molecule has 4 rings (SSSR count). The SMILES string of the molecule is NC(=O)C(c1ccccc1)N(C(=O)c1scnc1N)[C@@H]1CCc2c(F)cc(Cl)cc21. The fourth-order valence-electron chi connectivity index (χ4n) is 3.98. The van der Waals surface area contributed by atoms with Crippen molar-refractivity contribution >= 4 is 40.6 Å². The lowest BCUT2D eigenvalue weighted by Gasteiger charge is -2.35. The molecule has 1 aliphatic rings. The summed E-state index contributed by atoms with van der Waals surface area (Å²) in [5.41, 5.74) is 14.7. The maximum atomic E-state index is 14.5. The maximum Gasteiger partial charge on any atom is 0.269 e. The largest absolute Gasteiger partial charge is 0.382 e. The van der Waals surface area contributed by atoms with Gasteiger partial charge in [0.05, 0.1) is 11.6 Å². The number of nitrogen functional groups attached to an aromatic ring is 1. The van der Waals surface area contributed by atoms with Crippen molar-refractivity contribution in [2.24, 2.45) is 5.73 Å². The minimum Gasteiger partial charge on any atom is -0.382 e. The highest BCUT2D eigenvalue weighted by Gasteiger charge is 2.41. The molecule has 1 heterocycles. The van der Waals surface area contributed by atoms with Crippen molar-refractivity contribution in [3.63, 3.8) is 0 Å². The first-order chi connectivity index (χ1) is 14.4. The van der Waals surface area contributed by atoms with Crippen LogP contribution in [0.2, 0.25) is 5.02 Å². The van der Waals surface area contributed by atoms with Gasteiger partial charge >= 0.3 is 0 Å². The summed E-state index contributed by atoms with van der Waals surface area (Å²) in [6.07, 6.45) is 0.832. The monoisotopic (exact) mass is 444 g/mol. The number of aromatic nitrogens is 1. The summed E-state index contributed by atoms with van der Waals surface area (Å²) < 4.78 is 14.5. The molecule has 1 unspecified atom stereocenters. The van der Waals surface area contributed by atoms with E-state index >= 15 is 0 Å². The third-order valence-corrected chi connectivity index (χ3v) is 6.29. The number of nitrogens with zero attached hydrogens (tertiary/aromatic N) is 2. The first-order valence-corrected chi connectivity index (χ1v) is 10.5. The molecule has 0 bridgehead atoms. The van der Waals surface area contributed by atoms with Gasteiger partial charge in [-0.05, 0) is 41.7 Å². The van der Waals surface area contributed by atoms with Crippen molar-refractivity contribution in [2.45, 2.75) is 24.9 Å². The van der Waals surface area contributed by atoms with Gasteiger partial charge in [-0.15, -0.1) is 11.3 Å². The Labute approximate surface area is 181 Å². The zero-order valence-electron chi connectivity index (χ0n) is 15.7. The summed E-state index contributed by atoms with van der Waals surface area (Å²) in [6.45, 7) is 0. The van der Waals surface area contributed by atoms with Crippen molar-refractivity contribution in [2.75, 3.05) is 5.73 Å².